The number of halogens is 3. The third-order valence-corrected chi connectivity index (χ3v) is 3.91. The highest BCUT2D eigenvalue weighted by molar-refractivity contribution is 6.42. The van der Waals surface area contributed by atoms with Gasteiger partial charge in [-0.25, -0.2) is 4.98 Å². The monoisotopic (exact) mass is 309 g/mol. The number of piperazine rings is 1. The Morgan fingerprint density at radius 3 is 2.39 bits per heavy atom. The van der Waals surface area contributed by atoms with Crippen molar-refractivity contribution in [1.29, 1.82) is 0 Å². The summed E-state index contributed by atoms with van der Waals surface area (Å²) in [7, 11) is 0. The molecule has 1 saturated heterocycles. The molecule has 0 bridgehead atoms. The summed E-state index contributed by atoms with van der Waals surface area (Å²) in [5, 5.41) is 10.0. The molecular weight excluding hydrogens is 297 g/mol. The summed E-state index contributed by atoms with van der Waals surface area (Å²) >= 11 is 17.9. The summed E-state index contributed by atoms with van der Waals surface area (Å²) in [5.41, 5.74) is 0. The molecule has 100 valence electrons. The Morgan fingerprint density at radius 2 is 1.78 bits per heavy atom. The SMILES string of the molecule is OCCN1CCN(c2nc(Cl)c(Cl)cc2Cl)CC1. The average Bonchev–Trinajstić information content (AvgIpc) is 2.35. The first kappa shape index (κ1) is 14.2. The van der Waals surface area contributed by atoms with Crippen molar-refractivity contribution in [3.8, 4) is 0 Å². The number of aliphatic hydroxyl groups excluding tert-OH is 1. The Labute approximate surface area is 121 Å². The Kier molecular flexibility index (Phi) is 4.92. The van der Waals surface area contributed by atoms with Gasteiger partial charge in [0.25, 0.3) is 0 Å². The van der Waals surface area contributed by atoms with Crippen LogP contribution >= 0.6 is 34.8 Å². The van der Waals surface area contributed by atoms with Gasteiger partial charge in [-0.1, -0.05) is 34.8 Å². The van der Waals surface area contributed by atoms with Crippen LogP contribution in [-0.4, -0.2) is 54.3 Å². The maximum Gasteiger partial charge on any atom is 0.150 e. The fourth-order valence-corrected chi connectivity index (χ4v) is 2.59. The molecule has 1 N–H and O–H groups in total. The van der Waals surface area contributed by atoms with Gasteiger partial charge in [-0.15, -0.1) is 0 Å². The lowest BCUT2D eigenvalue weighted by atomic mass is 10.3. The summed E-state index contributed by atoms with van der Waals surface area (Å²) in [6, 6.07) is 1.62. The minimum Gasteiger partial charge on any atom is -0.395 e. The zero-order valence-electron chi connectivity index (χ0n) is 9.74. The third kappa shape index (κ3) is 3.19. The first-order valence-electron chi connectivity index (χ1n) is 5.71. The Bertz CT molecular complexity index is 422. The van der Waals surface area contributed by atoms with E-state index >= 15 is 0 Å². The highest BCUT2D eigenvalue weighted by atomic mass is 35.5. The topological polar surface area (TPSA) is 39.6 Å². The Hall–Kier alpha value is -0.260. The van der Waals surface area contributed by atoms with Crippen LogP contribution in [0.1, 0.15) is 0 Å². The molecule has 0 radical (unpaired) electrons. The largest absolute Gasteiger partial charge is 0.395 e. The van der Waals surface area contributed by atoms with Crippen LogP contribution in [0.15, 0.2) is 6.07 Å². The lowest BCUT2D eigenvalue weighted by Gasteiger charge is -2.35. The minimum atomic E-state index is 0.186. The maximum absolute atomic E-state index is 8.89. The fourth-order valence-electron chi connectivity index (χ4n) is 1.98. The number of pyridine rings is 1. The molecule has 2 rings (SSSR count). The smallest absolute Gasteiger partial charge is 0.150 e. The van der Waals surface area contributed by atoms with Crippen molar-refractivity contribution in [2.24, 2.45) is 0 Å². The van der Waals surface area contributed by atoms with Crippen LogP contribution in [0.2, 0.25) is 15.2 Å². The van der Waals surface area contributed by atoms with Crippen LogP contribution in [0.3, 0.4) is 0 Å². The first-order valence-corrected chi connectivity index (χ1v) is 6.85. The zero-order chi connectivity index (χ0) is 13.1. The van der Waals surface area contributed by atoms with Gasteiger partial charge in [-0.3, -0.25) is 4.90 Å². The lowest BCUT2D eigenvalue weighted by molar-refractivity contribution is 0.188. The highest BCUT2D eigenvalue weighted by Gasteiger charge is 2.20. The molecule has 1 fully saturated rings. The summed E-state index contributed by atoms with van der Waals surface area (Å²) in [6.45, 7) is 4.26. The molecule has 1 aliphatic rings. The molecule has 7 heteroatoms. The Balaban J connectivity index is 2.07. The van der Waals surface area contributed by atoms with Crippen molar-refractivity contribution < 1.29 is 5.11 Å². The number of nitrogens with zero attached hydrogens (tertiary/aromatic N) is 3. The number of aliphatic hydroxyl groups is 1. The van der Waals surface area contributed by atoms with Crippen molar-refractivity contribution in [2.75, 3.05) is 44.2 Å². The highest BCUT2D eigenvalue weighted by Crippen LogP contribution is 2.31. The molecule has 18 heavy (non-hydrogen) atoms. The van der Waals surface area contributed by atoms with Gasteiger partial charge in [0.1, 0.15) is 11.0 Å². The summed E-state index contributed by atoms with van der Waals surface area (Å²) < 4.78 is 0. The van der Waals surface area contributed by atoms with Crippen molar-refractivity contribution >= 4 is 40.6 Å². The van der Waals surface area contributed by atoms with E-state index in [0.29, 0.717) is 22.4 Å². The second-order valence-electron chi connectivity index (χ2n) is 4.12. The van der Waals surface area contributed by atoms with Gasteiger partial charge in [0.05, 0.1) is 16.7 Å². The Morgan fingerprint density at radius 1 is 1.11 bits per heavy atom. The van der Waals surface area contributed by atoms with Gasteiger partial charge in [-0.05, 0) is 6.07 Å². The van der Waals surface area contributed by atoms with Crippen molar-refractivity contribution in [2.45, 2.75) is 0 Å². The standard InChI is InChI=1S/C11H14Cl3N3O/c12-8-7-9(13)11(15-10(8)14)17-3-1-16(2-4-17)5-6-18/h7,18H,1-6H2. The maximum atomic E-state index is 8.89. The molecule has 0 aromatic carbocycles. The van der Waals surface area contributed by atoms with E-state index in [0.717, 1.165) is 26.2 Å². The number of hydrogen-bond acceptors (Lipinski definition) is 4. The molecule has 0 amide bonds. The van der Waals surface area contributed by atoms with Crippen LogP contribution in [0.4, 0.5) is 5.82 Å². The zero-order valence-corrected chi connectivity index (χ0v) is 12.0. The van der Waals surface area contributed by atoms with E-state index in [1.54, 1.807) is 6.07 Å². The van der Waals surface area contributed by atoms with Gasteiger partial charge in [0, 0.05) is 32.7 Å². The van der Waals surface area contributed by atoms with Gasteiger partial charge in [0.15, 0.2) is 0 Å². The number of hydrogen-bond donors (Lipinski definition) is 1. The van der Waals surface area contributed by atoms with E-state index in [1.165, 1.54) is 0 Å². The number of rotatable bonds is 3. The van der Waals surface area contributed by atoms with E-state index in [9.17, 15) is 0 Å². The second kappa shape index (κ2) is 6.26. The van der Waals surface area contributed by atoms with Crippen molar-refractivity contribution in [1.82, 2.24) is 9.88 Å². The number of β-amino-alcohol motifs (C(OH)–C–C–N with tert-alkyl or cyclic N) is 1. The van der Waals surface area contributed by atoms with E-state index < -0.39 is 0 Å². The molecule has 0 aliphatic carbocycles. The predicted octanol–water partition coefficient (Wildman–Crippen LogP) is 2.16. The van der Waals surface area contributed by atoms with Crippen LogP contribution in [0.5, 0.6) is 0 Å². The van der Waals surface area contributed by atoms with Crippen LogP contribution in [-0.2, 0) is 0 Å². The molecule has 1 aromatic heterocycles. The third-order valence-electron chi connectivity index (χ3n) is 2.96. The van der Waals surface area contributed by atoms with Crippen molar-refractivity contribution in [3.63, 3.8) is 0 Å². The molecule has 4 nitrogen and oxygen atoms in total. The normalized spacial score (nSPS) is 17.2. The molecule has 0 unspecified atom stereocenters. The van der Waals surface area contributed by atoms with E-state index in [2.05, 4.69) is 14.8 Å². The fraction of sp³-hybridized carbons (Fsp3) is 0.545. The molecular formula is C11H14Cl3N3O. The van der Waals surface area contributed by atoms with Gasteiger partial charge in [-0.2, -0.15) is 0 Å². The lowest BCUT2D eigenvalue weighted by Crippen LogP contribution is -2.47. The predicted molar refractivity (Wildman–Crippen MR) is 75.0 cm³/mol. The molecule has 0 spiro atoms. The molecule has 0 saturated carbocycles. The molecule has 1 aliphatic heterocycles. The van der Waals surface area contributed by atoms with E-state index in [-0.39, 0.29) is 11.8 Å². The van der Waals surface area contributed by atoms with Gasteiger partial charge >= 0.3 is 0 Å². The molecule has 0 atom stereocenters. The first-order chi connectivity index (χ1) is 8.61. The minimum absolute atomic E-state index is 0.186. The van der Waals surface area contributed by atoms with Crippen LogP contribution in [0, 0.1) is 0 Å². The quantitative estimate of drug-likeness (QED) is 0.869. The van der Waals surface area contributed by atoms with E-state index in [4.69, 9.17) is 39.9 Å². The van der Waals surface area contributed by atoms with Crippen LogP contribution in [0.25, 0.3) is 0 Å². The van der Waals surface area contributed by atoms with Gasteiger partial charge in [0.2, 0.25) is 0 Å². The average molecular weight is 311 g/mol. The number of aromatic nitrogens is 1. The van der Waals surface area contributed by atoms with Crippen LogP contribution < -0.4 is 4.90 Å². The molecule has 2 heterocycles. The second-order valence-corrected chi connectivity index (χ2v) is 5.29. The number of anilines is 1. The summed E-state index contributed by atoms with van der Waals surface area (Å²) in [5.74, 6) is 0.676. The van der Waals surface area contributed by atoms with E-state index in [1.807, 2.05) is 0 Å². The summed E-state index contributed by atoms with van der Waals surface area (Å²) in [6.07, 6.45) is 0. The molecule has 1 aromatic rings. The summed E-state index contributed by atoms with van der Waals surface area (Å²) in [4.78, 5) is 8.50. The van der Waals surface area contributed by atoms with Gasteiger partial charge < -0.3 is 10.0 Å². The van der Waals surface area contributed by atoms with Crippen molar-refractivity contribution in [3.05, 3.63) is 21.3 Å².